The minimum absolute atomic E-state index is 0.00126. The Morgan fingerprint density at radius 2 is 1.60 bits per heavy atom. The first kappa shape index (κ1) is 15.4. The van der Waals surface area contributed by atoms with Crippen LogP contribution in [0.3, 0.4) is 0 Å². The second-order valence-electron chi connectivity index (χ2n) is 7.14. The molecule has 2 N–H and O–H groups in total. The van der Waals surface area contributed by atoms with Crippen molar-refractivity contribution in [3.05, 3.63) is 35.4 Å². The molecular formula is C17H25F2N. The molecule has 1 fully saturated rings. The van der Waals surface area contributed by atoms with E-state index in [1.165, 1.54) is 11.1 Å². The van der Waals surface area contributed by atoms with Crippen molar-refractivity contribution in [3.63, 3.8) is 0 Å². The summed E-state index contributed by atoms with van der Waals surface area (Å²) in [4.78, 5) is 0. The van der Waals surface area contributed by atoms with E-state index in [1.54, 1.807) is 0 Å². The van der Waals surface area contributed by atoms with Crippen LogP contribution in [0.4, 0.5) is 8.78 Å². The lowest BCUT2D eigenvalue weighted by molar-refractivity contribution is -0.0510. The van der Waals surface area contributed by atoms with Crippen molar-refractivity contribution >= 4 is 0 Å². The van der Waals surface area contributed by atoms with Gasteiger partial charge in [-0.15, -0.1) is 0 Å². The molecule has 0 bridgehead atoms. The summed E-state index contributed by atoms with van der Waals surface area (Å²) in [6, 6.07) is 8.21. The predicted molar refractivity (Wildman–Crippen MR) is 79.3 cm³/mol. The number of hydrogen-bond acceptors (Lipinski definition) is 1. The Kier molecular flexibility index (Phi) is 3.94. The molecule has 0 radical (unpaired) electrons. The zero-order valence-corrected chi connectivity index (χ0v) is 12.7. The Morgan fingerprint density at radius 3 is 2.10 bits per heavy atom. The second-order valence-corrected chi connectivity index (χ2v) is 7.14. The van der Waals surface area contributed by atoms with Crippen molar-refractivity contribution in [1.82, 2.24) is 0 Å². The average molecular weight is 281 g/mol. The molecule has 1 aliphatic carbocycles. The van der Waals surface area contributed by atoms with E-state index in [9.17, 15) is 8.78 Å². The highest BCUT2D eigenvalue weighted by Crippen LogP contribution is 2.47. The average Bonchev–Trinajstić information content (AvgIpc) is 2.39. The van der Waals surface area contributed by atoms with Crippen LogP contribution < -0.4 is 5.73 Å². The van der Waals surface area contributed by atoms with Gasteiger partial charge in [0.05, 0.1) is 0 Å². The molecule has 0 heterocycles. The summed E-state index contributed by atoms with van der Waals surface area (Å²) in [5.41, 5.74) is 8.14. The maximum atomic E-state index is 13.5. The highest BCUT2D eigenvalue weighted by molar-refractivity contribution is 5.39. The van der Waals surface area contributed by atoms with Crippen LogP contribution in [-0.4, -0.2) is 12.5 Å². The molecule has 1 aromatic rings. The molecule has 2 rings (SSSR count). The molecule has 0 aliphatic heterocycles. The van der Waals surface area contributed by atoms with Crippen LogP contribution in [0.5, 0.6) is 0 Å². The maximum absolute atomic E-state index is 13.5. The van der Waals surface area contributed by atoms with Crippen molar-refractivity contribution < 1.29 is 8.78 Å². The van der Waals surface area contributed by atoms with Gasteiger partial charge >= 0.3 is 0 Å². The highest BCUT2D eigenvalue weighted by Gasteiger charge is 2.44. The summed E-state index contributed by atoms with van der Waals surface area (Å²) in [5.74, 6) is -2.52. The summed E-state index contributed by atoms with van der Waals surface area (Å²) >= 11 is 0. The minimum atomic E-state index is -2.52. The zero-order valence-electron chi connectivity index (χ0n) is 12.7. The Hall–Kier alpha value is -0.960. The Balaban J connectivity index is 2.43. The van der Waals surface area contributed by atoms with Crippen LogP contribution in [0.15, 0.2) is 24.3 Å². The van der Waals surface area contributed by atoms with Gasteiger partial charge in [0.15, 0.2) is 0 Å². The van der Waals surface area contributed by atoms with Crippen LogP contribution in [0.1, 0.15) is 57.6 Å². The van der Waals surface area contributed by atoms with Crippen LogP contribution in [0.2, 0.25) is 0 Å². The molecule has 0 saturated heterocycles. The van der Waals surface area contributed by atoms with E-state index in [0.29, 0.717) is 19.4 Å². The number of nitrogens with two attached hydrogens (primary N) is 1. The molecule has 0 spiro atoms. The predicted octanol–water partition coefficient (Wildman–Crippen LogP) is 4.39. The SMILES string of the molecule is CC(C)(C)c1ccccc1C1(CN)CCC(F)(F)CC1. The van der Waals surface area contributed by atoms with Gasteiger partial charge in [-0.1, -0.05) is 45.0 Å². The van der Waals surface area contributed by atoms with E-state index in [2.05, 4.69) is 32.9 Å². The van der Waals surface area contributed by atoms with Gasteiger partial charge in [0.1, 0.15) is 0 Å². The zero-order chi connectivity index (χ0) is 15.0. The number of alkyl halides is 2. The van der Waals surface area contributed by atoms with Gasteiger partial charge in [-0.3, -0.25) is 0 Å². The third-order valence-corrected chi connectivity index (χ3v) is 4.64. The summed E-state index contributed by atoms with van der Waals surface area (Å²) < 4.78 is 27.0. The van der Waals surface area contributed by atoms with E-state index in [1.807, 2.05) is 12.1 Å². The topological polar surface area (TPSA) is 26.0 Å². The molecule has 1 aromatic carbocycles. The van der Waals surface area contributed by atoms with E-state index >= 15 is 0 Å². The lowest BCUT2D eigenvalue weighted by Crippen LogP contribution is -2.43. The molecule has 1 aliphatic rings. The summed E-state index contributed by atoms with van der Waals surface area (Å²) in [6.45, 7) is 6.92. The van der Waals surface area contributed by atoms with Crippen molar-refractivity contribution in [3.8, 4) is 0 Å². The van der Waals surface area contributed by atoms with Crippen molar-refractivity contribution in [2.75, 3.05) is 6.54 Å². The number of rotatable bonds is 2. The first-order valence-electron chi connectivity index (χ1n) is 7.38. The highest BCUT2D eigenvalue weighted by atomic mass is 19.3. The molecule has 0 atom stereocenters. The summed E-state index contributed by atoms with van der Waals surface area (Å²) in [6.07, 6.45) is 0.846. The van der Waals surface area contributed by atoms with Crippen LogP contribution in [0, 0.1) is 0 Å². The largest absolute Gasteiger partial charge is 0.330 e. The fraction of sp³-hybridized carbons (Fsp3) is 0.647. The molecule has 3 heteroatoms. The Morgan fingerprint density at radius 1 is 1.05 bits per heavy atom. The van der Waals surface area contributed by atoms with E-state index in [4.69, 9.17) is 5.73 Å². The normalized spacial score (nSPS) is 21.7. The molecule has 0 unspecified atom stereocenters. The molecular weight excluding hydrogens is 256 g/mol. The Bertz CT molecular complexity index is 464. The standard InChI is InChI=1S/C17H25F2N/c1-15(2,3)13-6-4-5-7-14(13)16(12-20)8-10-17(18,19)11-9-16/h4-7H,8-12,20H2,1-3H3. The van der Waals surface area contributed by atoms with E-state index < -0.39 is 5.92 Å². The Labute approximate surface area is 120 Å². The molecule has 0 amide bonds. The van der Waals surface area contributed by atoms with E-state index in [-0.39, 0.29) is 23.7 Å². The lowest BCUT2D eigenvalue weighted by atomic mass is 9.65. The van der Waals surface area contributed by atoms with Gasteiger partial charge in [0, 0.05) is 24.8 Å². The number of benzene rings is 1. The fourth-order valence-corrected chi connectivity index (χ4v) is 3.28. The van der Waals surface area contributed by atoms with Crippen molar-refractivity contribution in [2.24, 2.45) is 5.73 Å². The van der Waals surface area contributed by atoms with Crippen molar-refractivity contribution in [1.29, 1.82) is 0 Å². The smallest absolute Gasteiger partial charge is 0.248 e. The third-order valence-electron chi connectivity index (χ3n) is 4.64. The molecule has 112 valence electrons. The van der Waals surface area contributed by atoms with Crippen LogP contribution in [0.25, 0.3) is 0 Å². The molecule has 1 nitrogen and oxygen atoms in total. The maximum Gasteiger partial charge on any atom is 0.248 e. The third kappa shape index (κ3) is 2.88. The molecule has 1 saturated carbocycles. The van der Waals surface area contributed by atoms with Gasteiger partial charge in [-0.05, 0) is 29.4 Å². The molecule has 0 aromatic heterocycles. The number of halogens is 2. The van der Waals surface area contributed by atoms with Gasteiger partial charge < -0.3 is 5.73 Å². The summed E-state index contributed by atoms with van der Waals surface area (Å²) in [7, 11) is 0. The van der Waals surface area contributed by atoms with Crippen molar-refractivity contribution in [2.45, 2.75) is 63.2 Å². The van der Waals surface area contributed by atoms with Gasteiger partial charge in [-0.2, -0.15) is 0 Å². The van der Waals surface area contributed by atoms with Gasteiger partial charge in [0.25, 0.3) is 0 Å². The van der Waals surface area contributed by atoms with E-state index in [0.717, 1.165) is 0 Å². The van der Waals surface area contributed by atoms with Gasteiger partial charge in [-0.25, -0.2) is 8.78 Å². The first-order valence-corrected chi connectivity index (χ1v) is 7.38. The number of hydrogen-bond donors (Lipinski definition) is 1. The van der Waals surface area contributed by atoms with Crippen LogP contribution in [-0.2, 0) is 10.8 Å². The molecule has 20 heavy (non-hydrogen) atoms. The lowest BCUT2D eigenvalue weighted by Gasteiger charge is -2.42. The van der Waals surface area contributed by atoms with Crippen LogP contribution >= 0.6 is 0 Å². The second kappa shape index (κ2) is 5.10. The fourth-order valence-electron chi connectivity index (χ4n) is 3.28. The van der Waals surface area contributed by atoms with Gasteiger partial charge in [0.2, 0.25) is 5.92 Å². The quantitative estimate of drug-likeness (QED) is 0.855. The monoisotopic (exact) mass is 281 g/mol. The minimum Gasteiger partial charge on any atom is -0.330 e. The first-order chi connectivity index (χ1) is 9.20. The summed E-state index contributed by atoms with van der Waals surface area (Å²) in [5, 5.41) is 0.